The first-order valence-electron chi connectivity index (χ1n) is 9.63. The van der Waals surface area contributed by atoms with Crippen molar-refractivity contribution in [2.75, 3.05) is 20.3 Å². The van der Waals surface area contributed by atoms with Crippen molar-refractivity contribution in [3.63, 3.8) is 0 Å². The van der Waals surface area contributed by atoms with Gasteiger partial charge in [0.25, 0.3) is 0 Å². The topological polar surface area (TPSA) is 110 Å². The van der Waals surface area contributed by atoms with Crippen LogP contribution in [0.1, 0.15) is 5.56 Å². The lowest BCUT2D eigenvalue weighted by Gasteiger charge is -2.07. The van der Waals surface area contributed by atoms with E-state index in [4.69, 9.17) is 34.3 Å². The number of aromatic nitrogens is 2. The Kier molecular flexibility index (Phi) is 8.09. The number of imidazole rings is 1. The monoisotopic (exact) mass is 454 g/mol. The number of nitrogens with zero attached hydrogens (tertiary/aromatic N) is 2. The number of aliphatic carboxylic acids is 2. The Bertz CT molecular complexity index is 1170. The average Bonchev–Trinajstić information content (AvgIpc) is 3.46. The molecule has 8 nitrogen and oxygen atoms in total. The normalized spacial score (nSPS) is 10.5. The van der Waals surface area contributed by atoms with Gasteiger partial charge in [-0.15, -0.1) is 11.3 Å². The fraction of sp³-hybridized carbons (Fsp3) is 0.174. The van der Waals surface area contributed by atoms with Gasteiger partial charge in [0, 0.05) is 19.5 Å². The van der Waals surface area contributed by atoms with Crippen molar-refractivity contribution in [3.05, 3.63) is 71.9 Å². The Morgan fingerprint density at radius 3 is 2.50 bits per heavy atom. The van der Waals surface area contributed by atoms with Gasteiger partial charge in [-0.1, -0.05) is 24.3 Å². The van der Waals surface area contributed by atoms with E-state index in [0.717, 1.165) is 22.5 Å². The summed E-state index contributed by atoms with van der Waals surface area (Å²) in [5, 5.41) is 16.9. The van der Waals surface area contributed by atoms with E-state index in [1.165, 1.54) is 10.4 Å². The van der Waals surface area contributed by atoms with Crippen molar-refractivity contribution in [2.24, 2.45) is 0 Å². The van der Waals surface area contributed by atoms with Crippen LogP contribution < -0.4 is 0 Å². The fourth-order valence-electron chi connectivity index (χ4n) is 2.88. The van der Waals surface area contributed by atoms with Gasteiger partial charge in [0.2, 0.25) is 0 Å². The summed E-state index contributed by atoms with van der Waals surface area (Å²) >= 11 is 1.71. The number of carboxylic acid groups (broad SMARTS) is 2. The van der Waals surface area contributed by atoms with E-state index >= 15 is 0 Å². The molecule has 0 aliphatic rings. The Morgan fingerprint density at radius 1 is 1.00 bits per heavy atom. The van der Waals surface area contributed by atoms with Crippen LogP contribution in [0.4, 0.5) is 0 Å². The lowest BCUT2D eigenvalue weighted by atomic mass is 10.1. The van der Waals surface area contributed by atoms with Gasteiger partial charge in [0.05, 0.1) is 30.4 Å². The molecular weight excluding hydrogens is 432 g/mol. The number of carbonyl (C=O) groups is 2. The quantitative estimate of drug-likeness (QED) is 0.320. The molecule has 0 radical (unpaired) electrons. The predicted octanol–water partition coefficient (Wildman–Crippen LogP) is 4.05. The molecular formula is C23H22N2O6S. The van der Waals surface area contributed by atoms with Crippen LogP contribution >= 0.6 is 11.3 Å². The largest absolute Gasteiger partial charge is 0.473 e. The highest BCUT2D eigenvalue weighted by molar-refractivity contribution is 7.13. The van der Waals surface area contributed by atoms with Crippen LogP contribution in [0.3, 0.4) is 0 Å². The average molecular weight is 455 g/mol. The predicted molar refractivity (Wildman–Crippen MR) is 121 cm³/mol. The van der Waals surface area contributed by atoms with Crippen LogP contribution in [0.15, 0.2) is 66.3 Å². The summed E-state index contributed by atoms with van der Waals surface area (Å²) in [5.74, 6) is -3.65. The summed E-state index contributed by atoms with van der Waals surface area (Å²) in [6, 6.07) is 16.8. The number of hydrogen-bond donors (Lipinski definition) is 2. The van der Waals surface area contributed by atoms with E-state index < -0.39 is 11.9 Å². The van der Waals surface area contributed by atoms with Crippen molar-refractivity contribution >= 4 is 28.9 Å². The molecule has 0 saturated carbocycles. The van der Waals surface area contributed by atoms with E-state index in [1.54, 1.807) is 18.4 Å². The van der Waals surface area contributed by atoms with Crippen LogP contribution in [0, 0.1) is 0 Å². The molecule has 4 rings (SSSR count). The first-order valence-corrected chi connectivity index (χ1v) is 10.5. The molecule has 0 unspecified atom stereocenters. The lowest BCUT2D eigenvalue weighted by molar-refractivity contribution is -0.159. The molecule has 0 aliphatic heterocycles. The van der Waals surface area contributed by atoms with Gasteiger partial charge in [-0.05, 0) is 46.3 Å². The number of pyridine rings is 1. The Labute approximate surface area is 188 Å². The van der Waals surface area contributed by atoms with Gasteiger partial charge < -0.3 is 24.1 Å². The van der Waals surface area contributed by atoms with E-state index in [-0.39, 0.29) is 0 Å². The number of benzene rings is 1. The zero-order valence-corrected chi connectivity index (χ0v) is 18.1. The summed E-state index contributed by atoms with van der Waals surface area (Å²) in [5.41, 5.74) is 5.45. The lowest BCUT2D eigenvalue weighted by Crippen LogP contribution is -2.09. The molecule has 4 aromatic rings. The minimum atomic E-state index is -1.82. The number of rotatable bonds is 7. The van der Waals surface area contributed by atoms with Crippen LogP contribution in [-0.2, 0) is 25.7 Å². The minimum Gasteiger partial charge on any atom is -0.473 e. The SMILES string of the molecule is COCCOCc1cccc(-c2ccc3nc(-c4cccs4)cn3c2)c1.O=C(O)C(=O)O. The number of carboxylic acids is 2. The maximum absolute atomic E-state index is 9.10. The number of fused-ring (bicyclic) bond motifs is 1. The Morgan fingerprint density at radius 2 is 1.81 bits per heavy atom. The van der Waals surface area contributed by atoms with Crippen molar-refractivity contribution in [3.8, 4) is 21.7 Å². The van der Waals surface area contributed by atoms with Crippen molar-refractivity contribution in [1.82, 2.24) is 9.38 Å². The van der Waals surface area contributed by atoms with Gasteiger partial charge in [-0.3, -0.25) is 0 Å². The third-order valence-electron chi connectivity index (χ3n) is 4.37. The molecule has 0 bridgehead atoms. The molecule has 2 N–H and O–H groups in total. The van der Waals surface area contributed by atoms with Gasteiger partial charge in [0.15, 0.2) is 0 Å². The van der Waals surface area contributed by atoms with Gasteiger partial charge in [-0.2, -0.15) is 0 Å². The number of methoxy groups -OCH3 is 1. The maximum Gasteiger partial charge on any atom is 0.414 e. The van der Waals surface area contributed by atoms with Crippen LogP contribution in [0.2, 0.25) is 0 Å². The third kappa shape index (κ3) is 6.24. The molecule has 9 heteroatoms. The smallest absolute Gasteiger partial charge is 0.414 e. The molecule has 3 heterocycles. The molecule has 0 amide bonds. The van der Waals surface area contributed by atoms with Crippen molar-refractivity contribution in [1.29, 1.82) is 0 Å². The first-order chi connectivity index (χ1) is 15.5. The minimum absolute atomic E-state index is 0.590. The zero-order valence-electron chi connectivity index (χ0n) is 17.3. The Hall–Kier alpha value is -3.53. The fourth-order valence-corrected chi connectivity index (χ4v) is 3.56. The molecule has 1 aromatic carbocycles. The zero-order chi connectivity index (χ0) is 22.9. The van der Waals surface area contributed by atoms with Gasteiger partial charge in [-0.25, -0.2) is 14.6 Å². The molecule has 0 atom stereocenters. The van der Waals surface area contributed by atoms with Gasteiger partial charge >= 0.3 is 11.9 Å². The van der Waals surface area contributed by atoms with Gasteiger partial charge in [0.1, 0.15) is 5.65 Å². The number of hydrogen-bond acceptors (Lipinski definition) is 6. The Balaban J connectivity index is 0.000000427. The second kappa shape index (κ2) is 11.2. The summed E-state index contributed by atoms with van der Waals surface area (Å²) in [7, 11) is 1.68. The van der Waals surface area contributed by atoms with E-state index in [2.05, 4.69) is 70.7 Å². The van der Waals surface area contributed by atoms with Crippen LogP contribution in [0.25, 0.3) is 27.3 Å². The van der Waals surface area contributed by atoms with Crippen LogP contribution in [-0.4, -0.2) is 51.9 Å². The summed E-state index contributed by atoms with van der Waals surface area (Å²) < 4.78 is 12.7. The number of thiophene rings is 1. The summed E-state index contributed by atoms with van der Waals surface area (Å²) in [6.45, 7) is 1.81. The summed E-state index contributed by atoms with van der Waals surface area (Å²) in [6.07, 6.45) is 4.21. The highest BCUT2D eigenvalue weighted by atomic mass is 32.1. The number of ether oxygens (including phenoxy) is 2. The van der Waals surface area contributed by atoms with Crippen molar-refractivity contribution in [2.45, 2.75) is 6.61 Å². The maximum atomic E-state index is 9.10. The molecule has 3 aromatic heterocycles. The van der Waals surface area contributed by atoms with E-state index in [1.807, 2.05) is 0 Å². The molecule has 32 heavy (non-hydrogen) atoms. The second-order valence-electron chi connectivity index (χ2n) is 6.64. The van der Waals surface area contributed by atoms with Crippen LogP contribution in [0.5, 0.6) is 0 Å². The summed E-state index contributed by atoms with van der Waals surface area (Å²) in [4.78, 5) is 24.1. The van der Waals surface area contributed by atoms with Crippen molar-refractivity contribution < 1.29 is 29.3 Å². The molecule has 0 saturated heterocycles. The molecule has 166 valence electrons. The first kappa shape index (κ1) is 23.1. The standard InChI is InChI=1S/C21H20N2O2S.C2H2O4/c1-24-9-10-25-15-16-4-2-5-17(12-16)18-7-8-21-22-19(14-23(21)13-18)20-6-3-11-26-20;3-1(4)2(5)6/h2-8,11-14H,9-10,15H2,1H3;(H,3,4)(H,5,6). The third-order valence-corrected chi connectivity index (χ3v) is 5.26. The highest BCUT2D eigenvalue weighted by Crippen LogP contribution is 2.26. The molecule has 0 fully saturated rings. The molecule has 0 spiro atoms. The van der Waals surface area contributed by atoms with E-state index in [9.17, 15) is 0 Å². The molecule has 0 aliphatic carbocycles. The second-order valence-corrected chi connectivity index (χ2v) is 7.59. The highest BCUT2D eigenvalue weighted by Gasteiger charge is 2.07. The van der Waals surface area contributed by atoms with E-state index in [0.29, 0.717) is 19.8 Å².